The van der Waals surface area contributed by atoms with Crippen molar-refractivity contribution >= 4 is 36.4 Å². The van der Waals surface area contributed by atoms with Gasteiger partial charge in [0.15, 0.2) is 0 Å². The molecule has 1 aliphatic heterocycles. The van der Waals surface area contributed by atoms with Gasteiger partial charge < -0.3 is 5.32 Å². The largest absolute Gasteiger partial charge is 0.314 e. The number of hydrogen-bond donors (Lipinski definition) is 1. The molecular weight excluding hydrogens is 291 g/mol. The molecule has 1 N–H and O–H groups in total. The van der Waals surface area contributed by atoms with Gasteiger partial charge in [-0.1, -0.05) is 30.7 Å². The topological polar surface area (TPSA) is 15.3 Å². The first-order chi connectivity index (χ1) is 7.81. The molecule has 0 aliphatic carbocycles. The number of nitrogens with zero attached hydrogens (tertiary/aromatic N) is 1. The van der Waals surface area contributed by atoms with Crippen LogP contribution in [0.1, 0.15) is 24.9 Å². The molecule has 1 aliphatic rings. The Hall–Kier alpha value is 0.01000. The Bertz CT molecular complexity index is 324. The first-order valence-corrected chi connectivity index (χ1v) is 6.39. The van der Waals surface area contributed by atoms with Gasteiger partial charge >= 0.3 is 0 Å². The fraction of sp³-hybridized carbons (Fsp3) is 0.538. The lowest BCUT2D eigenvalue weighted by Gasteiger charge is -2.34. The molecule has 1 aromatic rings. The molecule has 0 aromatic heterocycles. The SMILES string of the molecule is CC[C@@H](c1ccc(Cl)cc1)N1CCNCC1.Cl.Cl. The van der Waals surface area contributed by atoms with Crippen LogP contribution in [-0.2, 0) is 0 Å². The Morgan fingerprint density at radius 1 is 1.17 bits per heavy atom. The summed E-state index contributed by atoms with van der Waals surface area (Å²) in [7, 11) is 0. The van der Waals surface area contributed by atoms with E-state index in [-0.39, 0.29) is 24.8 Å². The third-order valence-electron chi connectivity index (χ3n) is 3.23. The summed E-state index contributed by atoms with van der Waals surface area (Å²) in [6, 6.07) is 8.82. The highest BCUT2D eigenvalue weighted by Gasteiger charge is 2.20. The zero-order valence-electron chi connectivity index (χ0n) is 10.6. The van der Waals surface area contributed by atoms with Crippen LogP contribution in [0.3, 0.4) is 0 Å². The molecular formula is C13H21Cl3N2. The number of halogens is 3. The van der Waals surface area contributed by atoms with Gasteiger partial charge in [-0.05, 0) is 24.1 Å². The zero-order valence-corrected chi connectivity index (χ0v) is 13.0. The lowest BCUT2D eigenvalue weighted by Crippen LogP contribution is -2.45. The van der Waals surface area contributed by atoms with Crippen LogP contribution in [0.4, 0.5) is 0 Å². The van der Waals surface area contributed by atoms with Crippen LogP contribution in [0.15, 0.2) is 24.3 Å². The van der Waals surface area contributed by atoms with Crippen LogP contribution in [0.2, 0.25) is 5.02 Å². The maximum atomic E-state index is 5.92. The second-order valence-electron chi connectivity index (χ2n) is 4.26. The quantitative estimate of drug-likeness (QED) is 0.918. The average molecular weight is 312 g/mol. The Morgan fingerprint density at radius 2 is 1.72 bits per heavy atom. The van der Waals surface area contributed by atoms with E-state index in [2.05, 4.69) is 29.3 Å². The van der Waals surface area contributed by atoms with Crippen molar-refractivity contribution in [3.05, 3.63) is 34.9 Å². The molecule has 1 aromatic carbocycles. The zero-order chi connectivity index (χ0) is 11.4. The maximum Gasteiger partial charge on any atom is 0.0406 e. The molecule has 104 valence electrons. The fourth-order valence-electron chi connectivity index (χ4n) is 2.38. The van der Waals surface area contributed by atoms with E-state index in [9.17, 15) is 0 Å². The van der Waals surface area contributed by atoms with Crippen LogP contribution in [0.5, 0.6) is 0 Å². The Labute approximate surface area is 127 Å². The van der Waals surface area contributed by atoms with E-state index in [1.165, 1.54) is 5.56 Å². The van der Waals surface area contributed by atoms with Crippen molar-refractivity contribution in [3.63, 3.8) is 0 Å². The van der Waals surface area contributed by atoms with E-state index in [1.54, 1.807) is 0 Å². The summed E-state index contributed by atoms with van der Waals surface area (Å²) in [4.78, 5) is 2.56. The van der Waals surface area contributed by atoms with Gasteiger partial charge in [0, 0.05) is 37.2 Å². The number of hydrogen-bond acceptors (Lipinski definition) is 2. The molecule has 1 atom stereocenters. The summed E-state index contributed by atoms with van der Waals surface area (Å²) in [6.45, 7) is 6.73. The molecule has 1 fully saturated rings. The highest BCUT2D eigenvalue weighted by molar-refractivity contribution is 6.30. The third kappa shape index (κ3) is 4.60. The van der Waals surface area contributed by atoms with Crippen molar-refractivity contribution in [1.29, 1.82) is 0 Å². The molecule has 18 heavy (non-hydrogen) atoms. The predicted octanol–water partition coefficient (Wildman–Crippen LogP) is 3.54. The summed E-state index contributed by atoms with van der Waals surface area (Å²) in [5, 5.41) is 4.21. The average Bonchev–Trinajstić information content (AvgIpc) is 2.34. The normalized spacial score (nSPS) is 17.4. The molecule has 0 amide bonds. The molecule has 2 nitrogen and oxygen atoms in total. The van der Waals surface area contributed by atoms with Gasteiger partial charge in [-0.25, -0.2) is 0 Å². The van der Waals surface area contributed by atoms with Crippen molar-refractivity contribution in [1.82, 2.24) is 10.2 Å². The molecule has 5 heteroatoms. The van der Waals surface area contributed by atoms with Gasteiger partial charge in [0.2, 0.25) is 0 Å². The van der Waals surface area contributed by atoms with Crippen molar-refractivity contribution in [2.75, 3.05) is 26.2 Å². The Balaban J connectivity index is 0.00000144. The van der Waals surface area contributed by atoms with Gasteiger partial charge in [0.1, 0.15) is 0 Å². The minimum Gasteiger partial charge on any atom is -0.314 e. The Morgan fingerprint density at radius 3 is 2.22 bits per heavy atom. The molecule has 0 spiro atoms. The van der Waals surface area contributed by atoms with Crippen LogP contribution in [0, 0.1) is 0 Å². The van der Waals surface area contributed by atoms with Crippen LogP contribution < -0.4 is 5.32 Å². The van der Waals surface area contributed by atoms with Gasteiger partial charge in [-0.3, -0.25) is 4.90 Å². The van der Waals surface area contributed by atoms with E-state index in [0.29, 0.717) is 6.04 Å². The molecule has 1 heterocycles. The predicted molar refractivity (Wildman–Crippen MR) is 83.4 cm³/mol. The molecule has 1 saturated heterocycles. The number of piperazine rings is 1. The summed E-state index contributed by atoms with van der Waals surface area (Å²) < 4.78 is 0. The number of nitrogens with one attached hydrogen (secondary N) is 1. The first kappa shape index (κ1) is 18.0. The smallest absolute Gasteiger partial charge is 0.0406 e. The lowest BCUT2D eigenvalue weighted by molar-refractivity contribution is 0.169. The monoisotopic (exact) mass is 310 g/mol. The fourth-order valence-corrected chi connectivity index (χ4v) is 2.51. The van der Waals surface area contributed by atoms with E-state index in [4.69, 9.17) is 11.6 Å². The molecule has 2 rings (SSSR count). The van der Waals surface area contributed by atoms with Gasteiger partial charge in [0.05, 0.1) is 0 Å². The second kappa shape index (κ2) is 9.00. The highest BCUT2D eigenvalue weighted by atomic mass is 35.5. The molecule has 0 unspecified atom stereocenters. The van der Waals surface area contributed by atoms with Crippen LogP contribution >= 0.6 is 36.4 Å². The van der Waals surface area contributed by atoms with E-state index < -0.39 is 0 Å². The number of rotatable bonds is 3. The van der Waals surface area contributed by atoms with Crippen molar-refractivity contribution in [3.8, 4) is 0 Å². The molecule has 0 saturated carbocycles. The summed E-state index contributed by atoms with van der Waals surface area (Å²) in [5.41, 5.74) is 1.38. The van der Waals surface area contributed by atoms with Crippen LogP contribution in [-0.4, -0.2) is 31.1 Å². The summed E-state index contributed by atoms with van der Waals surface area (Å²) in [5.74, 6) is 0. The standard InChI is InChI=1S/C13H19ClN2.2ClH/c1-2-13(16-9-7-15-8-10-16)11-3-5-12(14)6-4-11;;/h3-6,13,15H,2,7-10H2,1H3;2*1H/t13-;;/m0../s1. The Kier molecular flexibility index (Phi) is 9.01. The highest BCUT2D eigenvalue weighted by Crippen LogP contribution is 2.25. The van der Waals surface area contributed by atoms with Crippen molar-refractivity contribution in [2.45, 2.75) is 19.4 Å². The maximum absolute atomic E-state index is 5.92. The minimum absolute atomic E-state index is 0. The van der Waals surface area contributed by atoms with Crippen molar-refractivity contribution in [2.24, 2.45) is 0 Å². The van der Waals surface area contributed by atoms with Crippen LogP contribution in [0.25, 0.3) is 0 Å². The molecule has 0 bridgehead atoms. The molecule has 0 radical (unpaired) electrons. The third-order valence-corrected chi connectivity index (χ3v) is 3.49. The summed E-state index contributed by atoms with van der Waals surface area (Å²) in [6.07, 6.45) is 1.15. The minimum atomic E-state index is 0. The van der Waals surface area contributed by atoms with Gasteiger partial charge in [-0.2, -0.15) is 0 Å². The second-order valence-corrected chi connectivity index (χ2v) is 4.70. The van der Waals surface area contributed by atoms with E-state index >= 15 is 0 Å². The van der Waals surface area contributed by atoms with Gasteiger partial charge in [-0.15, -0.1) is 24.8 Å². The van der Waals surface area contributed by atoms with E-state index in [1.807, 2.05) is 12.1 Å². The number of benzene rings is 1. The lowest BCUT2D eigenvalue weighted by atomic mass is 10.0. The van der Waals surface area contributed by atoms with E-state index in [0.717, 1.165) is 37.6 Å². The van der Waals surface area contributed by atoms with Gasteiger partial charge in [0.25, 0.3) is 0 Å². The first-order valence-electron chi connectivity index (χ1n) is 6.01. The summed E-state index contributed by atoms with van der Waals surface area (Å²) >= 11 is 5.92. The van der Waals surface area contributed by atoms with Crippen molar-refractivity contribution < 1.29 is 0 Å².